The van der Waals surface area contributed by atoms with E-state index in [0.717, 1.165) is 5.69 Å². The van der Waals surface area contributed by atoms with Gasteiger partial charge in [-0.2, -0.15) is 0 Å². The van der Waals surface area contributed by atoms with E-state index in [1.54, 1.807) is 15.9 Å². The molecule has 6 nitrogen and oxygen atoms in total. The fourth-order valence-electron chi connectivity index (χ4n) is 3.15. The maximum Gasteiger partial charge on any atom is 0.253 e. The Morgan fingerprint density at radius 2 is 1.88 bits per heavy atom. The fourth-order valence-corrected chi connectivity index (χ4v) is 3.15. The van der Waals surface area contributed by atoms with E-state index in [2.05, 4.69) is 4.90 Å². The molecular formula is C17H22FN3O3. The van der Waals surface area contributed by atoms with E-state index in [4.69, 9.17) is 4.74 Å². The first kappa shape index (κ1) is 16.7. The second-order valence-corrected chi connectivity index (χ2v) is 6.12. The van der Waals surface area contributed by atoms with E-state index in [0.29, 0.717) is 45.9 Å². The van der Waals surface area contributed by atoms with Gasteiger partial charge in [-0.05, 0) is 18.2 Å². The molecule has 0 aromatic heterocycles. The lowest BCUT2D eigenvalue weighted by Crippen LogP contribution is -2.56. The molecule has 0 spiro atoms. The summed E-state index contributed by atoms with van der Waals surface area (Å²) >= 11 is 0. The molecule has 2 heterocycles. The van der Waals surface area contributed by atoms with Gasteiger partial charge in [-0.1, -0.05) is 6.07 Å². The fraction of sp³-hybridized carbons (Fsp3) is 0.529. The molecule has 130 valence electrons. The molecule has 2 fully saturated rings. The predicted molar refractivity (Wildman–Crippen MR) is 87.2 cm³/mol. The van der Waals surface area contributed by atoms with Crippen LogP contribution in [0.5, 0.6) is 0 Å². The summed E-state index contributed by atoms with van der Waals surface area (Å²) in [5, 5.41) is 0. The van der Waals surface area contributed by atoms with Crippen molar-refractivity contribution in [2.24, 2.45) is 0 Å². The number of morpholine rings is 1. The third-order valence-corrected chi connectivity index (χ3v) is 4.55. The number of anilines is 1. The van der Waals surface area contributed by atoms with Crippen molar-refractivity contribution in [2.75, 3.05) is 50.8 Å². The molecule has 3 rings (SSSR count). The largest absolute Gasteiger partial charge is 0.368 e. The number of hydrogen-bond acceptors (Lipinski definition) is 4. The number of halogens is 1. The molecule has 2 aliphatic heterocycles. The summed E-state index contributed by atoms with van der Waals surface area (Å²) in [6, 6.07) is 6.49. The monoisotopic (exact) mass is 335 g/mol. The minimum Gasteiger partial charge on any atom is -0.368 e. The van der Waals surface area contributed by atoms with Crippen LogP contribution in [0, 0.1) is 5.82 Å². The van der Waals surface area contributed by atoms with Gasteiger partial charge >= 0.3 is 0 Å². The summed E-state index contributed by atoms with van der Waals surface area (Å²) < 4.78 is 18.9. The SMILES string of the molecule is CC(=O)N1CCOC(C(=O)N2CCN(c3cccc(F)c3)CC2)C1. The number of nitrogens with zero attached hydrogens (tertiary/aromatic N) is 3. The maximum absolute atomic E-state index is 13.3. The van der Waals surface area contributed by atoms with E-state index < -0.39 is 6.10 Å². The van der Waals surface area contributed by atoms with Crippen LogP contribution < -0.4 is 4.90 Å². The zero-order valence-electron chi connectivity index (χ0n) is 13.8. The lowest BCUT2D eigenvalue weighted by atomic mass is 10.2. The van der Waals surface area contributed by atoms with Gasteiger partial charge in [-0.3, -0.25) is 9.59 Å². The summed E-state index contributed by atoms with van der Waals surface area (Å²) in [5.41, 5.74) is 0.832. The molecule has 2 saturated heterocycles. The van der Waals surface area contributed by atoms with Crippen LogP contribution in [-0.4, -0.2) is 73.6 Å². The van der Waals surface area contributed by atoms with Gasteiger partial charge in [0, 0.05) is 45.3 Å². The maximum atomic E-state index is 13.3. The predicted octanol–water partition coefficient (Wildman–Crippen LogP) is 0.722. The molecule has 2 aliphatic rings. The van der Waals surface area contributed by atoms with Crippen molar-refractivity contribution in [3.63, 3.8) is 0 Å². The van der Waals surface area contributed by atoms with Crippen molar-refractivity contribution in [3.05, 3.63) is 30.1 Å². The molecule has 0 bridgehead atoms. The van der Waals surface area contributed by atoms with Gasteiger partial charge in [0.25, 0.3) is 5.91 Å². The third-order valence-electron chi connectivity index (χ3n) is 4.55. The summed E-state index contributed by atoms with van der Waals surface area (Å²) in [5.74, 6) is -0.363. The highest BCUT2D eigenvalue weighted by molar-refractivity contribution is 5.83. The summed E-state index contributed by atoms with van der Waals surface area (Å²) in [7, 11) is 0. The van der Waals surface area contributed by atoms with Gasteiger partial charge in [-0.25, -0.2) is 4.39 Å². The standard InChI is InChI=1S/C17H22FN3O3/c1-13(22)21-9-10-24-16(12-21)17(23)20-7-5-19(6-8-20)15-4-2-3-14(18)11-15/h2-4,11,16H,5-10,12H2,1H3. The Hall–Kier alpha value is -2.15. The Labute approximate surface area is 140 Å². The number of piperazine rings is 1. The van der Waals surface area contributed by atoms with Gasteiger partial charge in [0.15, 0.2) is 6.10 Å². The zero-order valence-corrected chi connectivity index (χ0v) is 13.8. The van der Waals surface area contributed by atoms with Crippen LogP contribution in [0.25, 0.3) is 0 Å². The summed E-state index contributed by atoms with van der Waals surface area (Å²) in [6.07, 6.45) is -0.580. The first-order chi connectivity index (χ1) is 11.5. The second-order valence-electron chi connectivity index (χ2n) is 6.12. The number of rotatable bonds is 2. The highest BCUT2D eigenvalue weighted by Gasteiger charge is 2.32. The smallest absolute Gasteiger partial charge is 0.253 e. The van der Waals surface area contributed by atoms with Crippen molar-refractivity contribution < 1.29 is 18.7 Å². The first-order valence-electron chi connectivity index (χ1n) is 8.21. The van der Waals surface area contributed by atoms with E-state index >= 15 is 0 Å². The number of carbonyl (C=O) groups excluding carboxylic acids is 2. The average Bonchev–Trinajstić information content (AvgIpc) is 2.61. The van der Waals surface area contributed by atoms with Gasteiger partial charge in [-0.15, -0.1) is 0 Å². The molecule has 7 heteroatoms. The van der Waals surface area contributed by atoms with Crippen LogP contribution in [0.15, 0.2) is 24.3 Å². The van der Waals surface area contributed by atoms with Crippen LogP contribution in [0.1, 0.15) is 6.92 Å². The Morgan fingerprint density at radius 3 is 2.54 bits per heavy atom. The lowest BCUT2D eigenvalue weighted by molar-refractivity contribution is -0.153. The summed E-state index contributed by atoms with van der Waals surface area (Å²) in [4.78, 5) is 29.6. The Bertz CT molecular complexity index is 617. The quantitative estimate of drug-likeness (QED) is 0.799. The topological polar surface area (TPSA) is 53.1 Å². The number of benzene rings is 1. The van der Waals surface area contributed by atoms with Crippen molar-refractivity contribution in [2.45, 2.75) is 13.0 Å². The minimum absolute atomic E-state index is 0.0352. The molecule has 1 aromatic rings. The average molecular weight is 335 g/mol. The van der Waals surface area contributed by atoms with Crippen molar-refractivity contribution in [1.29, 1.82) is 0 Å². The summed E-state index contributed by atoms with van der Waals surface area (Å²) in [6.45, 7) is 5.18. The minimum atomic E-state index is -0.580. The van der Waals surface area contributed by atoms with Crippen molar-refractivity contribution in [3.8, 4) is 0 Å². The second kappa shape index (κ2) is 7.17. The Morgan fingerprint density at radius 1 is 1.12 bits per heavy atom. The van der Waals surface area contributed by atoms with Crippen LogP contribution in [0.3, 0.4) is 0 Å². The van der Waals surface area contributed by atoms with E-state index in [9.17, 15) is 14.0 Å². The molecule has 1 aromatic carbocycles. The molecule has 0 radical (unpaired) electrons. The Kier molecular flexibility index (Phi) is 4.99. The molecule has 1 atom stereocenters. The molecule has 0 saturated carbocycles. The van der Waals surface area contributed by atoms with Crippen molar-refractivity contribution in [1.82, 2.24) is 9.80 Å². The van der Waals surface area contributed by atoms with E-state index in [1.807, 2.05) is 6.07 Å². The van der Waals surface area contributed by atoms with Crippen molar-refractivity contribution >= 4 is 17.5 Å². The number of hydrogen-bond donors (Lipinski definition) is 0. The first-order valence-corrected chi connectivity index (χ1v) is 8.21. The van der Waals surface area contributed by atoms with Crippen LogP contribution in [-0.2, 0) is 14.3 Å². The normalized spacial score (nSPS) is 21.8. The highest BCUT2D eigenvalue weighted by atomic mass is 19.1. The number of ether oxygens (including phenoxy) is 1. The number of carbonyl (C=O) groups is 2. The molecule has 0 aliphatic carbocycles. The number of amides is 2. The molecular weight excluding hydrogens is 313 g/mol. The molecule has 0 N–H and O–H groups in total. The van der Waals surface area contributed by atoms with Gasteiger partial charge in [0.05, 0.1) is 13.2 Å². The molecule has 24 heavy (non-hydrogen) atoms. The highest BCUT2D eigenvalue weighted by Crippen LogP contribution is 2.18. The van der Waals surface area contributed by atoms with Gasteiger partial charge in [0.2, 0.25) is 5.91 Å². The van der Waals surface area contributed by atoms with E-state index in [-0.39, 0.29) is 17.6 Å². The van der Waals surface area contributed by atoms with Gasteiger partial charge in [0.1, 0.15) is 5.82 Å². The zero-order chi connectivity index (χ0) is 17.1. The van der Waals surface area contributed by atoms with Gasteiger partial charge < -0.3 is 19.4 Å². The third kappa shape index (κ3) is 3.67. The molecule has 2 amide bonds. The van der Waals surface area contributed by atoms with Crippen LogP contribution in [0.4, 0.5) is 10.1 Å². The lowest BCUT2D eigenvalue weighted by Gasteiger charge is -2.39. The van der Waals surface area contributed by atoms with Crippen LogP contribution >= 0.6 is 0 Å². The van der Waals surface area contributed by atoms with E-state index in [1.165, 1.54) is 19.1 Å². The molecule has 1 unspecified atom stereocenters. The Balaban J connectivity index is 1.56. The van der Waals surface area contributed by atoms with Crippen LogP contribution in [0.2, 0.25) is 0 Å².